The SMILES string of the molecule is C=CCNC(=O)NC1CC(=O)N(Cc2ccccc2C(F)(F)F)C1. The lowest BCUT2D eigenvalue weighted by atomic mass is 10.1. The summed E-state index contributed by atoms with van der Waals surface area (Å²) in [7, 11) is 0. The van der Waals surface area contributed by atoms with Gasteiger partial charge in [0.25, 0.3) is 0 Å². The minimum Gasteiger partial charge on any atom is -0.336 e. The second-order valence-electron chi connectivity index (χ2n) is 5.47. The third-order valence-electron chi connectivity index (χ3n) is 3.64. The van der Waals surface area contributed by atoms with Crippen LogP contribution in [-0.2, 0) is 17.5 Å². The first-order chi connectivity index (χ1) is 11.3. The van der Waals surface area contributed by atoms with Gasteiger partial charge in [0.1, 0.15) is 0 Å². The zero-order valence-corrected chi connectivity index (χ0v) is 12.9. The summed E-state index contributed by atoms with van der Waals surface area (Å²) in [5, 5.41) is 5.14. The maximum Gasteiger partial charge on any atom is 0.416 e. The second-order valence-corrected chi connectivity index (χ2v) is 5.47. The fourth-order valence-electron chi connectivity index (χ4n) is 2.56. The van der Waals surface area contributed by atoms with E-state index in [1.54, 1.807) is 0 Å². The first kappa shape index (κ1) is 17.8. The number of nitrogens with one attached hydrogen (secondary N) is 2. The molecule has 1 unspecified atom stereocenters. The number of hydrogen-bond acceptors (Lipinski definition) is 2. The number of rotatable bonds is 5. The minimum absolute atomic E-state index is 0.0371. The molecule has 130 valence electrons. The summed E-state index contributed by atoms with van der Waals surface area (Å²) in [6.45, 7) is 3.79. The van der Waals surface area contributed by atoms with E-state index in [1.807, 2.05) is 0 Å². The van der Waals surface area contributed by atoms with Crippen LogP contribution in [-0.4, -0.2) is 36.0 Å². The Morgan fingerprint density at radius 3 is 2.75 bits per heavy atom. The van der Waals surface area contributed by atoms with Crippen molar-refractivity contribution in [2.24, 2.45) is 0 Å². The lowest BCUT2D eigenvalue weighted by molar-refractivity contribution is -0.139. The van der Waals surface area contributed by atoms with Gasteiger partial charge in [0.05, 0.1) is 11.6 Å². The molecule has 2 rings (SSSR count). The molecule has 1 aromatic rings. The molecule has 1 saturated heterocycles. The highest BCUT2D eigenvalue weighted by atomic mass is 19.4. The van der Waals surface area contributed by atoms with Crippen molar-refractivity contribution >= 4 is 11.9 Å². The molecule has 8 heteroatoms. The zero-order valence-electron chi connectivity index (χ0n) is 12.9. The van der Waals surface area contributed by atoms with Crippen LogP contribution in [0, 0.1) is 0 Å². The van der Waals surface area contributed by atoms with Gasteiger partial charge < -0.3 is 15.5 Å². The highest BCUT2D eigenvalue weighted by Gasteiger charge is 2.35. The van der Waals surface area contributed by atoms with E-state index in [1.165, 1.54) is 29.2 Å². The molecule has 0 aliphatic carbocycles. The summed E-state index contributed by atoms with van der Waals surface area (Å²) in [5.74, 6) is -0.291. The first-order valence-electron chi connectivity index (χ1n) is 7.39. The van der Waals surface area contributed by atoms with Crippen molar-refractivity contribution in [3.05, 3.63) is 48.0 Å². The molecule has 0 radical (unpaired) electrons. The van der Waals surface area contributed by atoms with Gasteiger partial charge in [-0.1, -0.05) is 24.3 Å². The number of likely N-dealkylation sites (tertiary alicyclic amines) is 1. The van der Waals surface area contributed by atoms with Crippen molar-refractivity contribution < 1.29 is 22.8 Å². The largest absolute Gasteiger partial charge is 0.416 e. The third kappa shape index (κ3) is 4.50. The van der Waals surface area contributed by atoms with Gasteiger partial charge in [0, 0.05) is 26.1 Å². The van der Waals surface area contributed by atoms with Gasteiger partial charge in [-0.2, -0.15) is 13.2 Å². The van der Waals surface area contributed by atoms with Crippen LogP contribution < -0.4 is 10.6 Å². The number of nitrogens with zero attached hydrogens (tertiary/aromatic N) is 1. The van der Waals surface area contributed by atoms with Crippen molar-refractivity contribution in [1.29, 1.82) is 0 Å². The van der Waals surface area contributed by atoms with E-state index in [9.17, 15) is 22.8 Å². The topological polar surface area (TPSA) is 61.4 Å². The molecule has 1 aliphatic rings. The lowest BCUT2D eigenvalue weighted by Crippen LogP contribution is -2.43. The van der Waals surface area contributed by atoms with Crippen LogP contribution in [0.5, 0.6) is 0 Å². The van der Waals surface area contributed by atoms with Crippen molar-refractivity contribution in [3.63, 3.8) is 0 Å². The Bertz CT molecular complexity index is 631. The monoisotopic (exact) mass is 341 g/mol. The van der Waals surface area contributed by atoms with Crippen LogP contribution in [0.15, 0.2) is 36.9 Å². The zero-order chi connectivity index (χ0) is 17.7. The van der Waals surface area contributed by atoms with E-state index < -0.39 is 23.8 Å². The van der Waals surface area contributed by atoms with E-state index in [-0.39, 0.29) is 37.5 Å². The summed E-state index contributed by atoms with van der Waals surface area (Å²) < 4.78 is 39.0. The molecule has 1 atom stereocenters. The standard InChI is InChI=1S/C16H18F3N3O2/c1-2-7-20-15(24)21-12-8-14(23)22(10-12)9-11-5-3-4-6-13(11)16(17,18)19/h2-6,12H,1,7-10H2,(H2,20,21,24). The van der Waals surface area contributed by atoms with E-state index in [0.717, 1.165) is 6.07 Å². The van der Waals surface area contributed by atoms with Crippen LogP contribution in [0.3, 0.4) is 0 Å². The highest BCUT2D eigenvalue weighted by molar-refractivity contribution is 5.81. The quantitative estimate of drug-likeness (QED) is 0.808. The summed E-state index contributed by atoms with van der Waals surface area (Å²) >= 11 is 0. The molecular weight excluding hydrogens is 323 g/mol. The van der Waals surface area contributed by atoms with Gasteiger partial charge in [-0.05, 0) is 11.6 Å². The Morgan fingerprint density at radius 2 is 2.08 bits per heavy atom. The number of halogens is 3. The highest BCUT2D eigenvalue weighted by Crippen LogP contribution is 2.32. The predicted molar refractivity (Wildman–Crippen MR) is 82.0 cm³/mol. The fraction of sp³-hybridized carbons (Fsp3) is 0.375. The minimum atomic E-state index is -4.47. The third-order valence-corrected chi connectivity index (χ3v) is 3.64. The number of amides is 3. The number of benzene rings is 1. The predicted octanol–water partition coefficient (Wildman–Crippen LogP) is 2.29. The van der Waals surface area contributed by atoms with E-state index in [0.29, 0.717) is 0 Å². The van der Waals surface area contributed by atoms with Crippen molar-refractivity contribution in [2.45, 2.75) is 25.2 Å². The molecule has 1 heterocycles. The average Bonchev–Trinajstić information content (AvgIpc) is 2.84. The summed E-state index contributed by atoms with van der Waals surface area (Å²) in [4.78, 5) is 24.9. The molecule has 3 amide bonds. The molecule has 0 spiro atoms. The van der Waals surface area contributed by atoms with Crippen LogP contribution in [0.2, 0.25) is 0 Å². The van der Waals surface area contributed by atoms with Gasteiger partial charge in [0.15, 0.2) is 0 Å². The summed E-state index contributed by atoms with van der Waals surface area (Å²) in [6, 6.07) is 4.29. The molecule has 1 aliphatic heterocycles. The van der Waals surface area contributed by atoms with E-state index in [2.05, 4.69) is 17.2 Å². The Morgan fingerprint density at radius 1 is 1.38 bits per heavy atom. The Hall–Kier alpha value is -2.51. The average molecular weight is 341 g/mol. The molecule has 0 saturated carbocycles. The van der Waals surface area contributed by atoms with E-state index in [4.69, 9.17) is 0 Å². The van der Waals surface area contributed by atoms with Crippen LogP contribution >= 0.6 is 0 Å². The number of carbonyl (C=O) groups is 2. The molecule has 2 N–H and O–H groups in total. The number of alkyl halides is 3. The maximum absolute atomic E-state index is 13.0. The summed E-state index contributed by atoms with van der Waals surface area (Å²) in [6.07, 6.45) is -2.89. The second kappa shape index (κ2) is 7.37. The summed E-state index contributed by atoms with van der Waals surface area (Å²) in [5.41, 5.74) is -0.715. The van der Waals surface area contributed by atoms with E-state index >= 15 is 0 Å². The van der Waals surface area contributed by atoms with Crippen molar-refractivity contribution in [3.8, 4) is 0 Å². The molecule has 1 fully saturated rings. The Balaban J connectivity index is 2.01. The molecule has 1 aromatic carbocycles. The maximum atomic E-state index is 13.0. The Labute approximate surface area is 137 Å². The van der Waals surface area contributed by atoms with Crippen molar-refractivity contribution in [1.82, 2.24) is 15.5 Å². The van der Waals surface area contributed by atoms with Gasteiger partial charge in [-0.3, -0.25) is 4.79 Å². The molecular formula is C16H18F3N3O2. The van der Waals surface area contributed by atoms with Crippen LogP contribution in [0.1, 0.15) is 17.5 Å². The van der Waals surface area contributed by atoms with Gasteiger partial charge in [-0.25, -0.2) is 4.79 Å². The Kier molecular flexibility index (Phi) is 5.48. The number of urea groups is 1. The van der Waals surface area contributed by atoms with Crippen LogP contribution in [0.25, 0.3) is 0 Å². The van der Waals surface area contributed by atoms with Gasteiger partial charge in [0.2, 0.25) is 5.91 Å². The number of hydrogen-bond donors (Lipinski definition) is 2. The first-order valence-corrected chi connectivity index (χ1v) is 7.39. The van der Waals surface area contributed by atoms with Gasteiger partial charge in [-0.15, -0.1) is 6.58 Å². The van der Waals surface area contributed by atoms with Crippen molar-refractivity contribution in [2.75, 3.05) is 13.1 Å². The number of carbonyl (C=O) groups excluding carboxylic acids is 2. The lowest BCUT2D eigenvalue weighted by Gasteiger charge is -2.20. The smallest absolute Gasteiger partial charge is 0.336 e. The molecule has 24 heavy (non-hydrogen) atoms. The van der Waals surface area contributed by atoms with Crippen LogP contribution in [0.4, 0.5) is 18.0 Å². The normalized spacial score (nSPS) is 17.7. The molecule has 5 nitrogen and oxygen atoms in total. The fourth-order valence-corrected chi connectivity index (χ4v) is 2.56. The molecule has 0 bridgehead atoms. The molecule has 0 aromatic heterocycles. The van der Waals surface area contributed by atoms with Gasteiger partial charge >= 0.3 is 12.2 Å².